The second kappa shape index (κ2) is 11.1. The molecule has 0 aliphatic carbocycles. The van der Waals surface area contributed by atoms with Crippen molar-refractivity contribution in [1.29, 1.82) is 0 Å². The molecule has 12 heteroatoms. The molecule has 0 radical (unpaired) electrons. The zero-order valence-corrected chi connectivity index (χ0v) is 19.0. The van der Waals surface area contributed by atoms with Gasteiger partial charge in [0.05, 0.1) is 23.5 Å². The number of carboxylic acid groups (broad SMARTS) is 1. The van der Waals surface area contributed by atoms with E-state index in [4.69, 9.17) is 26.2 Å². The summed E-state index contributed by atoms with van der Waals surface area (Å²) in [6, 6.07) is 7.36. The van der Waals surface area contributed by atoms with Crippen molar-refractivity contribution in [2.75, 3.05) is 35.7 Å². The van der Waals surface area contributed by atoms with Gasteiger partial charge in [-0.05, 0) is 31.5 Å². The zero-order chi connectivity index (χ0) is 24.8. The first-order valence-electron chi connectivity index (χ1n) is 9.94. The molecule has 0 bridgehead atoms. The van der Waals surface area contributed by atoms with Crippen molar-refractivity contribution < 1.29 is 32.6 Å². The molecule has 3 rings (SSSR count). The largest absolute Gasteiger partial charge is 0.497 e. The first-order chi connectivity index (χ1) is 15.5. The van der Waals surface area contributed by atoms with Crippen LogP contribution in [-0.4, -0.2) is 48.3 Å². The molecule has 2 aromatic rings. The van der Waals surface area contributed by atoms with Crippen LogP contribution in [0.25, 0.3) is 0 Å². The standard InChI is InChI=1S/C19H23ClN4O2.C2HF3O2/c1-4-5-8-21-15-9-12(2)22-19-18(15)23-17(25)11-24(19)16-7-6-13(26-3)10-14(16)20;3-2(4,5)1(6)7/h6-7,9-10H,4-5,8,11H2,1-3H3,(H,21,22)(H,23,25);(H,6,7). The number of rotatable bonds is 6. The van der Waals surface area contributed by atoms with Crippen molar-refractivity contribution in [3.8, 4) is 5.75 Å². The SMILES string of the molecule is CCCCNc1cc(C)nc2c1NC(=O)CN2c1ccc(OC)cc1Cl.O=C(O)C(F)(F)F. The van der Waals surface area contributed by atoms with Crippen LogP contribution in [0.3, 0.4) is 0 Å². The number of hydrogen-bond donors (Lipinski definition) is 3. The van der Waals surface area contributed by atoms with E-state index >= 15 is 0 Å². The van der Waals surface area contributed by atoms with E-state index < -0.39 is 12.1 Å². The quantitative estimate of drug-likeness (QED) is 0.492. The van der Waals surface area contributed by atoms with E-state index in [0.29, 0.717) is 22.3 Å². The smallest absolute Gasteiger partial charge is 0.490 e. The summed E-state index contributed by atoms with van der Waals surface area (Å²) in [5, 5.41) is 14.0. The third kappa shape index (κ3) is 6.88. The summed E-state index contributed by atoms with van der Waals surface area (Å²) < 4.78 is 36.9. The van der Waals surface area contributed by atoms with E-state index in [1.807, 2.05) is 30.0 Å². The Bertz CT molecular complexity index is 1020. The zero-order valence-electron chi connectivity index (χ0n) is 18.2. The molecule has 1 amide bonds. The molecular formula is C21H24ClF3N4O4. The van der Waals surface area contributed by atoms with Crippen LogP contribution >= 0.6 is 11.6 Å². The van der Waals surface area contributed by atoms with Crippen molar-refractivity contribution in [2.24, 2.45) is 0 Å². The van der Waals surface area contributed by atoms with E-state index in [2.05, 4.69) is 22.5 Å². The van der Waals surface area contributed by atoms with Crippen LogP contribution in [0.5, 0.6) is 5.75 Å². The van der Waals surface area contributed by atoms with Crippen molar-refractivity contribution in [2.45, 2.75) is 32.9 Å². The van der Waals surface area contributed by atoms with Gasteiger partial charge in [-0.3, -0.25) is 4.79 Å². The number of ether oxygens (including phenoxy) is 1. The van der Waals surface area contributed by atoms with E-state index in [0.717, 1.165) is 36.5 Å². The van der Waals surface area contributed by atoms with Gasteiger partial charge in [0.2, 0.25) is 5.91 Å². The van der Waals surface area contributed by atoms with Gasteiger partial charge < -0.3 is 25.4 Å². The summed E-state index contributed by atoms with van der Waals surface area (Å²) in [4.78, 5) is 27.7. The van der Waals surface area contributed by atoms with Gasteiger partial charge in [-0.25, -0.2) is 9.78 Å². The van der Waals surface area contributed by atoms with Crippen LogP contribution in [0.4, 0.5) is 36.1 Å². The number of fused-ring (bicyclic) bond motifs is 1. The van der Waals surface area contributed by atoms with Crippen molar-refractivity contribution >= 4 is 46.4 Å². The van der Waals surface area contributed by atoms with E-state index in [9.17, 15) is 18.0 Å². The summed E-state index contributed by atoms with van der Waals surface area (Å²) in [5.74, 6) is -1.50. The fourth-order valence-electron chi connectivity index (χ4n) is 2.94. The minimum Gasteiger partial charge on any atom is -0.497 e. The van der Waals surface area contributed by atoms with Crippen LogP contribution in [0, 0.1) is 6.92 Å². The molecule has 180 valence electrons. The summed E-state index contributed by atoms with van der Waals surface area (Å²) >= 11 is 6.44. The summed E-state index contributed by atoms with van der Waals surface area (Å²) in [7, 11) is 1.59. The monoisotopic (exact) mass is 488 g/mol. The fraction of sp³-hybridized carbons (Fsp3) is 0.381. The molecule has 0 saturated heterocycles. The number of hydrogen-bond acceptors (Lipinski definition) is 6. The Labute approximate surface area is 193 Å². The van der Waals surface area contributed by atoms with Gasteiger partial charge in [0.25, 0.3) is 0 Å². The highest BCUT2D eigenvalue weighted by Gasteiger charge is 2.38. The Morgan fingerprint density at radius 1 is 1.36 bits per heavy atom. The maximum atomic E-state index is 12.3. The number of nitrogens with zero attached hydrogens (tertiary/aromatic N) is 2. The highest BCUT2D eigenvalue weighted by molar-refractivity contribution is 6.33. The van der Waals surface area contributed by atoms with Gasteiger partial charge in [-0.15, -0.1) is 0 Å². The Balaban J connectivity index is 0.000000479. The van der Waals surface area contributed by atoms with E-state index in [-0.39, 0.29) is 12.5 Å². The number of benzene rings is 1. The van der Waals surface area contributed by atoms with Crippen LogP contribution in [-0.2, 0) is 9.59 Å². The number of nitrogens with one attached hydrogen (secondary N) is 2. The molecule has 1 aliphatic heterocycles. The number of carbonyl (C=O) groups is 2. The molecule has 0 spiro atoms. The highest BCUT2D eigenvalue weighted by atomic mass is 35.5. The number of halogens is 4. The number of methoxy groups -OCH3 is 1. The minimum atomic E-state index is -5.08. The number of amides is 1. The predicted octanol–water partition coefficient (Wildman–Crippen LogP) is 4.99. The Morgan fingerprint density at radius 3 is 2.58 bits per heavy atom. The lowest BCUT2D eigenvalue weighted by Gasteiger charge is -2.32. The predicted molar refractivity (Wildman–Crippen MR) is 120 cm³/mol. The molecule has 33 heavy (non-hydrogen) atoms. The molecule has 3 N–H and O–H groups in total. The third-order valence-corrected chi connectivity index (χ3v) is 4.79. The Hall–Kier alpha value is -3.21. The van der Waals surface area contributed by atoms with Crippen LogP contribution in [0.2, 0.25) is 5.02 Å². The van der Waals surface area contributed by atoms with Gasteiger partial charge >= 0.3 is 12.1 Å². The molecule has 0 atom stereocenters. The maximum Gasteiger partial charge on any atom is 0.490 e. The van der Waals surface area contributed by atoms with Crippen LogP contribution < -0.4 is 20.3 Å². The lowest BCUT2D eigenvalue weighted by atomic mass is 10.1. The second-order valence-electron chi connectivity index (χ2n) is 7.04. The van der Waals surface area contributed by atoms with Gasteiger partial charge in [0.15, 0.2) is 5.82 Å². The normalized spacial score (nSPS) is 12.8. The second-order valence-corrected chi connectivity index (χ2v) is 7.45. The lowest BCUT2D eigenvalue weighted by Crippen LogP contribution is -2.36. The number of aryl methyl sites for hydroxylation is 1. The molecule has 0 unspecified atom stereocenters. The molecule has 0 saturated carbocycles. The van der Waals surface area contributed by atoms with Crippen LogP contribution in [0.1, 0.15) is 25.5 Å². The van der Waals surface area contributed by atoms with Crippen molar-refractivity contribution in [3.05, 3.63) is 35.0 Å². The molecule has 8 nitrogen and oxygen atoms in total. The average Bonchev–Trinajstić information content (AvgIpc) is 2.73. The topological polar surface area (TPSA) is 104 Å². The number of alkyl halides is 3. The van der Waals surface area contributed by atoms with Gasteiger partial charge in [-0.2, -0.15) is 13.2 Å². The lowest BCUT2D eigenvalue weighted by molar-refractivity contribution is -0.192. The van der Waals surface area contributed by atoms with Crippen molar-refractivity contribution in [3.63, 3.8) is 0 Å². The summed E-state index contributed by atoms with van der Waals surface area (Å²) in [6.07, 6.45) is -2.93. The third-order valence-electron chi connectivity index (χ3n) is 4.48. The van der Waals surface area contributed by atoms with E-state index in [1.54, 1.807) is 13.2 Å². The fourth-order valence-corrected chi connectivity index (χ4v) is 3.22. The highest BCUT2D eigenvalue weighted by Crippen LogP contribution is 2.41. The number of pyridine rings is 1. The summed E-state index contributed by atoms with van der Waals surface area (Å²) in [5.41, 5.74) is 3.16. The Kier molecular flexibility index (Phi) is 8.75. The average molecular weight is 489 g/mol. The Morgan fingerprint density at radius 2 is 2.03 bits per heavy atom. The van der Waals surface area contributed by atoms with Gasteiger partial charge in [0, 0.05) is 18.3 Å². The number of carbonyl (C=O) groups excluding carboxylic acids is 1. The molecule has 1 aromatic carbocycles. The van der Waals surface area contributed by atoms with Gasteiger partial charge in [-0.1, -0.05) is 24.9 Å². The molecule has 1 aromatic heterocycles. The number of aliphatic carboxylic acids is 1. The minimum absolute atomic E-state index is 0.103. The van der Waals surface area contributed by atoms with Crippen molar-refractivity contribution in [1.82, 2.24) is 4.98 Å². The number of unbranched alkanes of at least 4 members (excludes halogenated alkanes) is 1. The van der Waals surface area contributed by atoms with Gasteiger partial charge in [0.1, 0.15) is 18.0 Å². The number of carboxylic acids is 1. The molecule has 0 fully saturated rings. The first kappa shape index (κ1) is 26.0. The maximum absolute atomic E-state index is 12.3. The molecule has 2 heterocycles. The van der Waals surface area contributed by atoms with E-state index in [1.165, 1.54) is 0 Å². The molecular weight excluding hydrogens is 465 g/mol. The number of anilines is 4. The molecule has 1 aliphatic rings. The summed E-state index contributed by atoms with van der Waals surface area (Å²) in [6.45, 7) is 5.08. The first-order valence-corrected chi connectivity index (χ1v) is 10.3. The number of aromatic nitrogens is 1. The van der Waals surface area contributed by atoms with Crippen LogP contribution in [0.15, 0.2) is 24.3 Å².